The molecule has 3 unspecified atom stereocenters. The van der Waals surface area contributed by atoms with Crippen molar-refractivity contribution < 1.29 is 4.39 Å². The van der Waals surface area contributed by atoms with Gasteiger partial charge in [0.05, 0.1) is 0 Å². The number of halogens is 1. The molecule has 1 aromatic rings. The Hall–Kier alpha value is -0.940. The van der Waals surface area contributed by atoms with Gasteiger partial charge in [-0.3, -0.25) is 0 Å². The lowest BCUT2D eigenvalue weighted by Crippen LogP contribution is -2.17. The van der Waals surface area contributed by atoms with Gasteiger partial charge in [0.15, 0.2) is 5.67 Å². The van der Waals surface area contributed by atoms with Crippen molar-refractivity contribution in [2.45, 2.75) is 77.8 Å². The molecule has 0 spiro atoms. The predicted molar refractivity (Wildman–Crippen MR) is 123 cm³/mol. The van der Waals surface area contributed by atoms with Gasteiger partial charge in [0.1, 0.15) is 0 Å². The Balaban J connectivity index is 0.000000270. The molecule has 0 amide bonds. The Morgan fingerprint density at radius 3 is 2.30 bits per heavy atom. The van der Waals surface area contributed by atoms with Crippen molar-refractivity contribution >= 4 is 8.58 Å². The summed E-state index contributed by atoms with van der Waals surface area (Å²) in [5.41, 5.74) is -0.564. The van der Waals surface area contributed by atoms with Crippen molar-refractivity contribution in [1.82, 2.24) is 0 Å². The van der Waals surface area contributed by atoms with Crippen molar-refractivity contribution in [1.29, 1.82) is 0 Å². The number of unbranched alkanes of at least 4 members (excludes halogenated alkanes) is 2. The van der Waals surface area contributed by atoms with E-state index in [0.717, 1.165) is 11.5 Å². The fourth-order valence-electron chi connectivity index (χ4n) is 3.30. The summed E-state index contributed by atoms with van der Waals surface area (Å²) in [5.74, 6) is 1.03. The van der Waals surface area contributed by atoms with E-state index >= 15 is 0 Å². The van der Waals surface area contributed by atoms with Crippen LogP contribution >= 0.6 is 8.58 Å². The normalized spacial score (nSPS) is 19.9. The zero-order valence-corrected chi connectivity index (χ0v) is 18.7. The van der Waals surface area contributed by atoms with Crippen LogP contribution in [0.4, 0.5) is 4.39 Å². The van der Waals surface area contributed by atoms with Crippen LogP contribution in [-0.2, 0) is 5.67 Å². The van der Waals surface area contributed by atoms with E-state index in [0.29, 0.717) is 6.42 Å². The topological polar surface area (TPSA) is 0 Å². The van der Waals surface area contributed by atoms with E-state index in [1.165, 1.54) is 65.9 Å². The molecule has 0 heterocycles. The first-order chi connectivity index (χ1) is 13.2. The van der Waals surface area contributed by atoms with Gasteiger partial charge in [-0.05, 0) is 42.7 Å². The van der Waals surface area contributed by atoms with Crippen LogP contribution in [0.3, 0.4) is 0 Å². The van der Waals surface area contributed by atoms with Crippen LogP contribution in [0.25, 0.3) is 0 Å². The van der Waals surface area contributed by atoms with Gasteiger partial charge in [-0.2, -0.15) is 0 Å². The molecule has 0 bridgehead atoms. The number of rotatable bonds is 11. The van der Waals surface area contributed by atoms with E-state index < -0.39 is 5.67 Å². The molecule has 1 aromatic carbocycles. The Morgan fingerprint density at radius 1 is 0.963 bits per heavy atom. The SMILES string of the molecule is CCCCPCCC(CC)CCCC.FC1(c2ccccc2)C=CC=CC1. The Morgan fingerprint density at radius 2 is 1.70 bits per heavy atom. The van der Waals surface area contributed by atoms with E-state index in [4.69, 9.17) is 0 Å². The summed E-state index contributed by atoms with van der Waals surface area (Å²) < 4.78 is 14.2. The molecule has 152 valence electrons. The van der Waals surface area contributed by atoms with E-state index in [-0.39, 0.29) is 0 Å². The average molecular weight is 391 g/mol. The molecule has 0 saturated heterocycles. The number of benzene rings is 1. The molecule has 0 nitrogen and oxygen atoms in total. The maximum atomic E-state index is 14.2. The molecule has 0 N–H and O–H groups in total. The van der Waals surface area contributed by atoms with Gasteiger partial charge in [0, 0.05) is 6.42 Å². The minimum atomic E-state index is -1.30. The average Bonchev–Trinajstić information content (AvgIpc) is 2.72. The number of hydrogen-bond donors (Lipinski definition) is 0. The third-order valence-corrected chi connectivity index (χ3v) is 6.61. The summed E-state index contributed by atoms with van der Waals surface area (Å²) in [6, 6.07) is 9.27. The van der Waals surface area contributed by atoms with Crippen molar-refractivity contribution in [3.05, 3.63) is 60.2 Å². The van der Waals surface area contributed by atoms with Crippen LogP contribution < -0.4 is 0 Å². The standard InChI is InChI=1S/C13H29P.C12H11F/c1-4-7-9-13(6-3)10-12-14-11-8-5-2;13-12(9-5-2-6-10-12)11-7-3-1-4-8-11/h13-14H,4-12H2,1-3H3;1-9H,10H2. The number of alkyl halides is 1. The van der Waals surface area contributed by atoms with Crippen LogP contribution in [0.5, 0.6) is 0 Å². The zero-order chi connectivity index (χ0) is 19.8. The fraction of sp³-hybridized carbons (Fsp3) is 0.600. The highest BCUT2D eigenvalue weighted by atomic mass is 31.1. The Kier molecular flexibility index (Phi) is 13.4. The number of allylic oxidation sites excluding steroid dienone is 4. The third-order valence-electron chi connectivity index (χ3n) is 5.26. The summed E-state index contributed by atoms with van der Waals surface area (Å²) in [5, 5.41) is 0. The van der Waals surface area contributed by atoms with Crippen LogP contribution in [0, 0.1) is 5.92 Å². The highest BCUT2D eigenvalue weighted by Gasteiger charge is 2.27. The third kappa shape index (κ3) is 10.2. The number of hydrogen-bond acceptors (Lipinski definition) is 0. The maximum Gasteiger partial charge on any atom is 0.157 e. The Bertz CT molecular complexity index is 522. The highest BCUT2D eigenvalue weighted by Crippen LogP contribution is 2.33. The molecular formula is C25H40FP. The van der Waals surface area contributed by atoms with Gasteiger partial charge in [0.2, 0.25) is 0 Å². The van der Waals surface area contributed by atoms with Crippen molar-refractivity contribution in [2.75, 3.05) is 12.3 Å². The van der Waals surface area contributed by atoms with E-state index in [2.05, 4.69) is 20.8 Å². The Labute approximate surface area is 169 Å². The fourth-order valence-corrected chi connectivity index (χ4v) is 4.77. The predicted octanol–water partition coefficient (Wildman–Crippen LogP) is 8.44. The summed E-state index contributed by atoms with van der Waals surface area (Å²) in [4.78, 5) is 0. The van der Waals surface area contributed by atoms with E-state index in [1.54, 1.807) is 12.2 Å². The second-order valence-electron chi connectivity index (χ2n) is 7.53. The molecule has 27 heavy (non-hydrogen) atoms. The van der Waals surface area contributed by atoms with Gasteiger partial charge in [-0.25, -0.2) is 4.39 Å². The quantitative estimate of drug-likeness (QED) is 0.263. The molecule has 0 radical (unpaired) electrons. The van der Waals surface area contributed by atoms with Gasteiger partial charge >= 0.3 is 0 Å². The van der Waals surface area contributed by atoms with Crippen molar-refractivity contribution in [3.63, 3.8) is 0 Å². The minimum absolute atomic E-state index is 0.438. The second kappa shape index (κ2) is 15.0. The molecule has 0 fully saturated rings. The van der Waals surface area contributed by atoms with Crippen molar-refractivity contribution in [3.8, 4) is 0 Å². The molecule has 0 aromatic heterocycles. The summed E-state index contributed by atoms with van der Waals surface area (Å²) in [6.07, 6.45) is 20.5. The van der Waals surface area contributed by atoms with Crippen molar-refractivity contribution in [2.24, 2.45) is 5.92 Å². The van der Waals surface area contributed by atoms with Crippen LogP contribution in [0.1, 0.15) is 77.7 Å². The van der Waals surface area contributed by atoms with Gasteiger partial charge in [-0.1, -0.05) is 101 Å². The van der Waals surface area contributed by atoms with Crippen LogP contribution in [0.2, 0.25) is 0 Å². The largest absolute Gasteiger partial charge is 0.234 e. The first-order valence-electron chi connectivity index (χ1n) is 11.0. The van der Waals surface area contributed by atoms with Crippen LogP contribution in [-0.4, -0.2) is 12.3 Å². The van der Waals surface area contributed by atoms with Gasteiger partial charge in [-0.15, -0.1) is 8.58 Å². The second-order valence-corrected chi connectivity index (χ2v) is 9.03. The van der Waals surface area contributed by atoms with Gasteiger partial charge < -0.3 is 0 Å². The van der Waals surface area contributed by atoms with E-state index in [9.17, 15) is 4.39 Å². The summed E-state index contributed by atoms with van der Waals surface area (Å²) in [7, 11) is 1.24. The molecule has 3 atom stereocenters. The zero-order valence-electron chi connectivity index (χ0n) is 17.7. The first-order valence-corrected chi connectivity index (χ1v) is 12.4. The lowest BCUT2D eigenvalue weighted by molar-refractivity contribution is 0.236. The lowest BCUT2D eigenvalue weighted by atomic mass is 9.89. The highest BCUT2D eigenvalue weighted by molar-refractivity contribution is 7.37. The lowest BCUT2D eigenvalue weighted by Gasteiger charge is -2.22. The molecular weight excluding hydrogens is 350 g/mol. The molecule has 0 saturated carbocycles. The molecule has 1 aliphatic carbocycles. The minimum Gasteiger partial charge on any atom is -0.234 e. The van der Waals surface area contributed by atoms with Gasteiger partial charge in [0.25, 0.3) is 0 Å². The molecule has 1 aliphatic rings. The smallest absolute Gasteiger partial charge is 0.157 e. The molecule has 2 rings (SSSR count). The molecule has 2 heteroatoms. The summed E-state index contributed by atoms with van der Waals surface area (Å²) in [6.45, 7) is 6.95. The van der Waals surface area contributed by atoms with E-state index in [1.807, 2.05) is 42.5 Å². The monoisotopic (exact) mass is 390 g/mol. The molecule has 0 aliphatic heterocycles. The maximum absolute atomic E-state index is 14.2. The van der Waals surface area contributed by atoms with Crippen LogP contribution in [0.15, 0.2) is 54.6 Å². The first kappa shape index (κ1) is 24.1. The summed E-state index contributed by atoms with van der Waals surface area (Å²) >= 11 is 0.